The molecule has 0 aliphatic carbocycles. The first-order chi connectivity index (χ1) is 13.6. The van der Waals surface area contributed by atoms with E-state index in [1.54, 1.807) is 11.9 Å². The van der Waals surface area contributed by atoms with E-state index < -0.39 is 5.54 Å². The summed E-state index contributed by atoms with van der Waals surface area (Å²) in [6.45, 7) is 2.54. The molecule has 1 spiro atoms. The standard InChI is InChI=1S/C23H23N3O2/c1-3-8-20(27)26-14-13-16-15-9-4-6-11-18(15)24-21(16)23(26)17-10-5-7-12-19(17)25(2)22(23)28/h4-7,9-12,24H,3,8,13-14H2,1-2H3/t23-/m0/s1. The summed E-state index contributed by atoms with van der Waals surface area (Å²) in [5.41, 5.74) is 3.66. The molecule has 2 aromatic carbocycles. The molecule has 5 heteroatoms. The molecular weight excluding hydrogens is 350 g/mol. The predicted octanol–water partition coefficient (Wildman–Crippen LogP) is 3.57. The molecular formula is C23H23N3O2. The van der Waals surface area contributed by atoms with E-state index in [0.717, 1.165) is 46.3 Å². The third-order valence-corrected chi connectivity index (χ3v) is 6.20. The maximum Gasteiger partial charge on any atom is 0.263 e. The van der Waals surface area contributed by atoms with Gasteiger partial charge in [0.05, 0.1) is 5.69 Å². The minimum atomic E-state index is -1.11. The molecule has 28 heavy (non-hydrogen) atoms. The fraction of sp³-hybridized carbons (Fsp3) is 0.304. The highest BCUT2D eigenvalue weighted by Crippen LogP contribution is 2.51. The molecule has 0 saturated heterocycles. The second-order valence-electron chi connectivity index (χ2n) is 7.66. The summed E-state index contributed by atoms with van der Waals surface area (Å²) in [5.74, 6) is -0.0316. The molecule has 1 N–H and O–H groups in total. The zero-order chi connectivity index (χ0) is 19.5. The lowest BCUT2D eigenvalue weighted by Crippen LogP contribution is -2.59. The van der Waals surface area contributed by atoms with E-state index in [1.807, 2.05) is 54.3 Å². The number of hydrogen-bond donors (Lipinski definition) is 1. The molecule has 3 heterocycles. The molecule has 0 fully saturated rings. The first-order valence-corrected chi connectivity index (χ1v) is 9.89. The van der Waals surface area contributed by atoms with Crippen molar-refractivity contribution in [2.45, 2.75) is 31.7 Å². The van der Waals surface area contributed by atoms with Gasteiger partial charge in [-0.05, 0) is 30.5 Å². The molecule has 1 aromatic heterocycles. The van der Waals surface area contributed by atoms with E-state index in [1.165, 1.54) is 0 Å². The number of benzene rings is 2. The van der Waals surface area contributed by atoms with Gasteiger partial charge in [0.2, 0.25) is 5.91 Å². The van der Waals surface area contributed by atoms with Crippen LogP contribution in [0.15, 0.2) is 48.5 Å². The number of para-hydroxylation sites is 2. The molecule has 0 bridgehead atoms. The second-order valence-corrected chi connectivity index (χ2v) is 7.66. The number of likely N-dealkylation sites (N-methyl/N-ethyl adjacent to an activating group) is 1. The van der Waals surface area contributed by atoms with E-state index in [2.05, 4.69) is 11.1 Å². The smallest absolute Gasteiger partial charge is 0.263 e. The second kappa shape index (κ2) is 5.96. The van der Waals surface area contributed by atoms with Gasteiger partial charge in [-0.15, -0.1) is 0 Å². The molecule has 1 atom stereocenters. The fourth-order valence-electron chi connectivity index (χ4n) is 5.00. The Morgan fingerprint density at radius 1 is 1.14 bits per heavy atom. The Hall–Kier alpha value is -3.08. The number of carbonyl (C=O) groups excluding carboxylic acids is 2. The van der Waals surface area contributed by atoms with E-state index in [9.17, 15) is 9.59 Å². The zero-order valence-electron chi connectivity index (χ0n) is 16.2. The van der Waals surface area contributed by atoms with E-state index >= 15 is 0 Å². The summed E-state index contributed by atoms with van der Waals surface area (Å²) in [5, 5.41) is 1.14. The van der Waals surface area contributed by atoms with Crippen molar-refractivity contribution in [3.63, 3.8) is 0 Å². The number of aromatic nitrogens is 1. The van der Waals surface area contributed by atoms with Crippen molar-refractivity contribution in [1.29, 1.82) is 0 Å². The summed E-state index contributed by atoms with van der Waals surface area (Å²) in [4.78, 5) is 34.0. The number of fused-ring (bicyclic) bond motifs is 6. The molecule has 3 aromatic rings. The van der Waals surface area contributed by atoms with Crippen LogP contribution in [0.3, 0.4) is 0 Å². The number of amides is 2. The third kappa shape index (κ3) is 1.96. The summed E-state index contributed by atoms with van der Waals surface area (Å²) < 4.78 is 0. The van der Waals surface area contributed by atoms with Crippen LogP contribution in [-0.4, -0.2) is 35.3 Å². The fourth-order valence-corrected chi connectivity index (χ4v) is 5.00. The molecule has 2 aliphatic heterocycles. The number of carbonyl (C=O) groups is 2. The van der Waals surface area contributed by atoms with Crippen LogP contribution >= 0.6 is 0 Å². The Morgan fingerprint density at radius 2 is 1.89 bits per heavy atom. The maximum absolute atomic E-state index is 13.8. The molecule has 5 rings (SSSR count). The SMILES string of the molecule is CCCC(=O)N1CCc2c([nH]c3ccccc23)[C@@]12C(=O)N(C)c1ccccc12. The number of nitrogens with zero attached hydrogens (tertiary/aromatic N) is 2. The number of aromatic amines is 1. The summed E-state index contributed by atoms with van der Waals surface area (Å²) in [7, 11) is 1.80. The van der Waals surface area contributed by atoms with Crippen molar-refractivity contribution in [1.82, 2.24) is 9.88 Å². The summed E-state index contributed by atoms with van der Waals surface area (Å²) in [6, 6.07) is 16.0. The minimum Gasteiger partial charge on any atom is -0.355 e. The number of nitrogens with one attached hydrogen (secondary N) is 1. The van der Waals surface area contributed by atoms with Gasteiger partial charge in [0.15, 0.2) is 5.54 Å². The van der Waals surface area contributed by atoms with Crippen molar-refractivity contribution in [3.05, 3.63) is 65.4 Å². The molecule has 2 amide bonds. The quantitative estimate of drug-likeness (QED) is 0.747. The van der Waals surface area contributed by atoms with Crippen LogP contribution in [0.2, 0.25) is 0 Å². The topological polar surface area (TPSA) is 56.4 Å². The molecule has 2 aliphatic rings. The number of hydrogen-bond acceptors (Lipinski definition) is 2. The van der Waals surface area contributed by atoms with Crippen LogP contribution < -0.4 is 4.90 Å². The van der Waals surface area contributed by atoms with Gasteiger partial charge in [-0.3, -0.25) is 9.59 Å². The van der Waals surface area contributed by atoms with Gasteiger partial charge in [0, 0.05) is 42.2 Å². The van der Waals surface area contributed by atoms with E-state index in [-0.39, 0.29) is 11.8 Å². The van der Waals surface area contributed by atoms with Gasteiger partial charge in [-0.2, -0.15) is 0 Å². The van der Waals surface area contributed by atoms with Gasteiger partial charge in [-0.25, -0.2) is 0 Å². The normalized spacial score (nSPS) is 20.7. The number of anilines is 1. The average molecular weight is 373 g/mol. The van der Waals surface area contributed by atoms with Crippen LogP contribution in [0, 0.1) is 0 Å². The Kier molecular flexibility index (Phi) is 3.63. The maximum atomic E-state index is 13.8. The van der Waals surface area contributed by atoms with Gasteiger partial charge in [0.25, 0.3) is 5.91 Å². The highest BCUT2D eigenvalue weighted by Gasteiger charge is 2.59. The van der Waals surface area contributed by atoms with Crippen molar-refractivity contribution < 1.29 is 9.59 Å². The lowest BCUT2D eigenvalue weighted by Gasteiger charge is -2.43. The van der Waals surface area contributed by atoms with Gasteiger partial charge in [0.1, 0.15) is 0 Å². The van der Waals surface area contributed by atoms with Crippen LogP contribution in [0.1, 0.15) is 36.6 Å². The summed E-state index contributed by atoms with van der Waals surface area (Å²) >= 11 is 0. The lowest BCUT2D eigenvalue weighted by atomic mass is 9.79. The predicted molar refractivity (Wildman–Crippen MR) is 109 cm³/mol. The molecule has 0 unspecified atom stereocenters. The number of rotatable bonds is 2. The molecule has 5 nitrogen and oxygen atoms in total. The molecule has 0 radical (unpaired) electrons. The van der Waals surface area contributed by atoms with Gasteiger partial charge >= 0.3 is 0 Å². The van der Waals surface area contributed by atoms with Crippen molar-refractivity contribution >= 4 is 28.4 Å². The van der Waals surface area contributed by atoms with Gasteiger partial charge < -0.3 is 14.8 Å². The van der Waals surface area contributed by atoms with E-state index in [0.29, 0.717) is 13.0 Å². The van der Waals surface area contributed by atoms with E-state index in [4.69, 9.17) is 0 Å². The minimum absolute atomic E-state index is 0.0326. The van der Waals surface area contributed by atoms with Crippen molar-refractivity contribution in [3.8, 4) is 0 Å². The van der Waals surface area contributed by atoms with Crippen molar-refractivity contribution in [2.24, 2.45) is 0 Å². The largest absolute Gasteiger partial charge is 0.355 e. The Labute approximate surface area is 163 Å². The first-order valence-electron chi connectivity index (χ1n) is 9.89. The van der Waals surface area contributed by atoms with Gasteiger partial charge in [-0.1, -0.05) is 43.3 Å². The Balaban J connectivity index is 1.86. The Morgan fingerprint density at radius 3 is 2.71 bits per heavy atom. The number of H-pyrrole nitrogens is 1. The van der Waals surface area contributed by atoms with Crippen molar-refractivity contribution in [2.75, 3.05) is 18.5 Å². The average Bonchev–Trinajstić information content (AvgIpc) is 3.20. The van der Waals surface area contributed by atoms with Crippen LogP contribution in [0.25, 0.3) is 10.9 Å². The zero-order valence-corrected chi connectivity index (χ0v) is 16.2. The highest BCUT2D eigenvalue weighted by molar-refractivity contribution is 6.12. The first kappa shape index (κ1) is 17.0. The Bertz CT molecular complexity index is 1120. The molecule has 142 valence electrons. The lowest BCUT2D eigenvalue weighted by molar-refractivity contribution is -0.144. The van der Waals surface area contributed by atoms with Crippen LogP contribution in [0.4, 0.5) is 5.69 Å². The highest BCUT2D eigenvalue weighted by atomic mass is 16.2. The summed E-state index contributed by atoms with van der Waals surface area (Å²) in [6.07, 6.45) is 1.95. The third-order valence-electron chi connectivity index (χ3n) is 6.20. The van der Waals surface area contributed by atoms with Crippen LogP contribution in [0.5, 0.6) is 0 Å². The monoisotopic (exact) mass is 373 g/mol. The molecule has 0 saturated carbocycles. The van der Waals surface area contributed by atoms with Crippen LogP contribution in [-0.2, 0) is 21.5 Å².